The van der Waals surface area contributed by atoms with Gasteiger partial charge in [0.2, 0.25) is 0 Å². The third kappa shape index (κ3) is 4.55. The predicted octanol–water partition coefficient (Wildman–Crippen LogP) is 4.19. The Morgan fingerprint density at radius 2 is 1.83 bits per heavy atom. The van der Waals surface area contributed by atoms with Gasteiger partial charge in [-0.1, -0.05) is 30.3 Å². The van der Waals surface area contributed by atoms with E-state index in [1.54, 1.807) is 11.3 Å². The number of anilines is 2. The molecule has 2 aromatic carbocycles. The highest BCUT2D eigenvalue weighted by atomic mass is 32.1. The molecule has 0 saturated carbocycles. The van der Waals surface area contributed by atoms with Gasteiger partial charge in [0, 0.05) is 17.6 Å². The largest absolute Gasteiger partial charge is 0.489 e. The molecule has 2 N–H and O–H groups in total. The Balaban J connectivity index is 1.56. The second-order valence-electron chi connectivity index (χ2n) is 5.10. The van der Waals surface area contributed by atoms with E-state index in [4.69, 9.17) is 4.74 Å². The number of thiazole rings is 1. The van der Waals surface area contributed by atoms with Crippen molar-refractivity contribution in [1.82, 2.24) is 10.3 Å². The van der Waals surface area contributed by atoms with E-state index in [0.717, 1.165) is 34.4 Å². The van der Waals surface area contributed by atoms with Gasteiger partial charge in [-0.15, -0.1) is 11.3 Å². The number of ether oxygens (including phenoxy) is 1. The van der Waals surface area contributed by atoms with Crippen molar-refractivity contribution in [3.05, 3.63) is 71.2 Å². The van der Waals surface area contributed by atoms with Crippen LogP contribution in [0.2, 0.25) is 0 Å². The number of benzene rings is 2. The molecule has 0 radical (unpaired) electrons. The lowest BCUT2D eigenvalue weighted by molar-refractivity contribution is 0.306. The normalized spacial score (nSPS) is 10.5. The highest BCUT2D eigenvalue weighted by Crippen LogP contribution is 2.23. The molecular weight excluding hydrogens is 306 g/mol. The molecular formula is C18H19N3OS. The Morgan fingerprint density at radius 3 is 2.57 bits per heavy atom. The predicted molar refractivity (Wildman–Crippen MR) is 95.4 cm³/mol. The van der Waals surface area contributed by atoms with E-state index in [1.165, 1.54) is 0 Å². The van der Waals surface area contributed by atoms with Gasteiger partial charge in [0.1, 0.15) is 12.4 Å². The Hall–Kier alpha value is -2.37. The summed E-state index contributed by atoms with van der Waals surface area (Å²) in [7, 11) is 1.92. The fraction of sp³-hybridized carbons (Fsp3) is 0.167. The Kier molecular flexibility index (Phi) is 5.24. The molecule has 4 nitrogen and oxygen atoms in total. The molecule has 3 rings (SSSR count). The van der Waals surface area contributed by atoms with Crippen molar-refractivity contribution in [2.75, 3.05) is 12.4 Å². The van der Waals surface area contributed by atoms with E-state index < -0.39 is 0 Å². The van der Waals surface area contributed by atoms with E-state index in [-0.39, 0.29) is 0 Å². The molecule has 3 aromatic rings. The van der Waals surface area contributed by atoms with Gasteiger partial charge >= 0.3 is 0 Å². The van der Waals surface area contributed by atoms with E-state index in [9.17, 15) is 0 Å². The molecule has 1 heterocycles. The monoisotopic (exact) mass is 325 g/mol. The fourth-order valence-electron chi connectivity index (χ4n) is 2.13. The summed E-state index contributed by atoms with van der Waals surface area (Å²) < 4.78 is 5.78. The zero-order valence-electron chi connectivity index (χ0n) is 13.0. The maximum Gasteiger partial charge on any atom is 0.187 e. The van der Waals surface area contributed by atoms with Gasteiger partial charge < -0.3 is 15.4 Å². The van der Waals surface area contributed by atoms with Crippen LogP contribution >= 0.6 is 11.3 Å². The molecule has 0 saturated heterocycles. The molecule has 0 atom stereocenters. The van der Waals surface area contributed by atoms with Crippen molar-refractivity contribution in [3.8, 4) is 5.75 Å². The molecule has 1 aromatic heterocycles. The summed E-state index contributed by atoms with van der Waals surface area (Å²) in [5.41, 5.74) is 3.21. The Bertz CT molecular complexity index is 726. The third-order valence-corrected chi connectivity index (χ3v) is 4.07. The van der Waals surface area contributed by atoms with Crippen LogP contribution in [-0.2, 0) is 13.2 Å². The minimum Gasteiger partial charge on any atom is -0.489 e. The molecule has 0 aliphatic carbocycles. The van der Waals surface area contributed by atoms with Crippen LogP contribution in [0.3, 0.4) is 0 Å². The van der Waals surface area contributed by atoms with Gasteiger partial charge in [-0.05, 0) is 36.9 Å². The number of hydrogen-bond donors (Lipinski definition) is 2. The van der Waals surface area contributed by atoms with Crippen molar-refractivity contribution >= 4 is 22.2 Å². The first-order valence-corrected chi connectivity index (χ1v) is 8.34. The minimum absolute atomic E-state index is 0.577. The smallest absolute Gasteiger partial charge is 0.187 e. The van der Waals surface area contributed by atoms with Crippen LogP contribution in [0.5, 0.6) is 5.75 Å². The van der Waals surface area contributed by atoms with Gasteiger partial charge in [-0.2, -0.15) is 0 Å². The number of nitrogens with zero attached hydrogens (tertiary/aromatic N) is 1. The lowest BCUT2D eigenvalue weighted by Crippen LogP contribution is -2.05. The average Bonchev–Trinajstić information content (AvgIpc) is 3.03. The highest BCUT2D eigenvalue weighted by Gasteiger charge is 2.02. The molecule has 0 unspecified atom stereocenters. The standard InChI is InChI=1S/C18H19N3OS/c1-19-11-16-13-23-18(21-16)20-15-7-9-17(10-8-15)22-12-14-5-3-2-4-6-14/h2-10,13,19H,11-12H2,1H3,(H,20,21). The summed E-state index contributed by atoms with van der Waals surface area (Å²) in [6.07, 6.45) is 0. The second-order valence-corrected chi connectivity index (χ2v) is 5.96. The first-order chi connectivity index (χ1) is 11.3. The summed E-state index contributed by atoms with van der Waals surface area (Å²) in [4.78, 5) is 4.51. The van der Waals surface area contributed by atoms with Gasteiger partial charge in [-0.25, -0.2) is 4.98 Å². The van der Waals surface area contributed by atoms with Crippen LogP contribution < -0.4 is 15.4 Å². The maximum absolute atomic E-state index is 5.78. The summed E-state index contributed by atoms with van der Waals surface area (Å²) in [5.74, 6) is 0.856. The van der Waals surface area contributed by atoms with Gasteiger partial charge in [0.15, 0.2) is 5.13 Å². The minimum atomic E-state index is 0.577. The van der Waals surface area contributed by atoms with Crippen LogP contribution in [0.15, 0.2) is 60.0 Å². The van der Waals surface area contributed by atoms with E-state index in [2.05, 4.69) is 33.1 Å². The SMILES string of the molecule is CNCc1csc(Nc2ccc(OCc3ccccc3)cc2)n1. The van der Waals surface area contributed by atoms with Crippen molar-refractivity contribution in [2.24, 2.45) is 0 Å². The highest BCUT2D eigenvalue weighted by molar-refractivity contribution is 7.13. The molecule has 0 spiro atoms. The zero-order chi connectivity index (χ0) is 15.9. The maximum atomic E-state index is 5.78. The van der Waals surface area contributed by atoms with Crippen LogP contribution in [0.25, 0.3) is 0 Å². The molecule has 118 valence electrons. The molecule has 0 bridgehead atoms. The molecule has 0 aliphatic heterocycles. The molecule has 0 aliphatic rings. The summed E-state index contributed by atoms with van der Waals surface area (Å²) >= 11 is 1.60. The summed E-state index contributed by atoms with van der Waals surface area (Å²) in [5, 5.41) is 9.35. The van der Waals surface area contributed by atoms with Crippen LogP contribution in [-0.4, -0.2) is 12.0 Å². The number of aromatic nitrogens is 1. The van der Waals surface area contributed by atoms with Crippen molar-refractivity contribution in [3.63, 3.8) is 0 Å². The average molecular weight is 325 g/mol. The number of nitrogens with one attached hydrogen (secondary N) is 2. The Labute approximate surface area is 140 Å². The van der Waals surface area contributed by atoms with Crippen LogP contribution in [0.1, 0.15) is 11.3 Å². The zero-order valence-corrected chi connectivity index (χ0v) is 13.8. The van der Waals surface area contributed by atoms with Gasteiger partial charge in [0.25, 0.3) is 0 Å². The van der Waals surface area contributed by atoms with Crippen molar-refractivity contribution in [2.45, 2.75) is 13.2 Å². The van der Waals surface area contributed by atoms with E-state index in [1.807, 2.05) is 49.5 Å². The molecule has 23 heavy (non-hydrogen) atoms. The fourth-order valence-corrected chi connectivity index (χ4v) is 2.86. The first kappa shape index (κ1) is 15.5. The van der Waals surface area contributed by atoms with Crippen LogP contribution in [0, 0.1) is 0 Å². The van der Waals surface area contributed by atoms with Crippen molar-refractivity contribution < 1.29 is 4.74 Å². The molecule has 0 fully saturated rings. The lowest BCUT2D eigenvalue weighted by Gasteiger charge is -2.08. The van der Waals surface area contributed by atoms with E-state index in [0.29, 0.717) is 6.61 Å². The van der Waals surface area contributed by atoms with Gasteiger partial charge in [0.05, 0.1) is 5.69 Å². The summed E-state index contributed by atoms with van der Waals surface area (Å²) in [6, 6.07) is 18.1. The second kappa shape index (κ2) is 7.76. The van der Waals surface area contributed by atoms with E-state index >= 15 is 0 Å². The first-order valence-electron chi connectivity index (χ1n) is 7.46. The topological polar surface area (TPSA) is 46.2 Å². The summed E-state index contributed by atoms with van der Waals surface area (Å²) in [6.45, 7) is 1.36. The number of hydrogen-bond acceptors (Lipinski definition) is 5. The van der Waals surface area contributed by atoms with Gasteiger partial charge in [-0.3, -0.25) is 0 Å². The van der Waals surface area contributed by atoms with Crippen LogP contribution in [0.4, 0.5) is 10.8 Å². The lowest BCUT2D eigenvalue weighted by atomic mass is 10.2. The van der Waals surface area contributed by atoms with Crippen molar-refractivity contribution in [1.29, 1.82) is 0 Å². The molecule has 5 heteroatoms. The number of rotatable bonds is 7. The Morgan fingerprint density at radius 1 is 1.04 bits per heavy atom. The quantitative estimate of drug-likeness (QED) is 0.684. The molecule has 0 amide bonds. The third-order valence-electron chi connectivity index (χ3n) is 3.26.